The molecule has 2 rings (SSSR count). The lowest BCUT2D eigenvalue weighted by molar-refractivity contribution is 0.0602. The van der Waals surface area contributed by atoms with Gasteiger partial charge in [-0.15, -0.1) is 0 Å². The first-order valence-electron chi connectivity index (χ1n) is 7.43. The molecule has 1 N–H and O–H groups in total. The van der Waals surface area contributed by atoms with E-state index in [4.69, 9.17) is 11.6 Å². The first-order valence-corrected chi connectivity index (χ1v) is 7.81. The number of halogens is 1. The van der Waals surface area contributed by atoms with Gasteiger partial charge in [-0.05, 0) is 50.4 Å². The molecule has 0 radical (unpaired) electrons. The third kappa shape index (κ3) is 3.14. The normalized spacial score (nSPS) is 25.8. The van der Waals surface area contributed by atoms with Crippen molar-refractivity contribution in [3.05, 3.63) is 16.9 Å². The molecule has 1 atom stereocenters. The maximum Gasteiger partial charge on any atom is 0.0999 e. The Morgan fingerprint density at radius 1 is 1.32 bits per heavy atom. The largest absolute Gasteiger partial charge is 0.386 e. The molecule has 1 aliphatic rings. The summed E-state index contributed by atoms with van der Waals surface area (Å²) in [5.41, 5.74) is 0.803. The number of nitrogens with zero attached hydrogens (tertiary/aromatic N) is 2. The van der Waals surface area contributed by atoms with Crippen molar-refractivity contribution in [3.8, 4) is 0 Å². The van der Waals surface area contributed by atoms with Crippen molar-refractivity contribution in [2.45, 2.75) is 59.1 Å². The molecule has 1 heterocycles. The molecule has 4 heteroatoms. The van der Waals surface area contributed by atoms with Crippen LogP contribution in [0.4, 0.5) is 0 Å². The summed E-state index contributed by atoms with van der Waals surface area (Å²) in [7, 11) is 0. The number of aliphatic hydroxyl groups excluding tert-OH is 1. The van der Waals surface area contributed by atoms with Gasteiger partial charge in [0.2, 0.25) is 0 Å². The van der Waals surface area contributed by atoms with Crippen LogP contribution in [0.25, 0.3) is 0 Å². The highest BCUT2D eigenvalue weighted by atomic mass is 35.5. The third-order valence-electron chi connectivity index (χ3n) is 4.62. The van der Waals surface area contributed by atoms with Gasteiger partial charge in [0.25, 0.3) is 0 Å². The summed E-state index contributed by atoms with van der Waals surface area (Å²) in [6, 6.07) is 0. The zero-order valence-corrected chi connectivity index (χ0v) is 12.9. The van der Waals surface area contributed by atoms with E-state index >= 15 is 0 Å². The summed E-state index contributed by atoms with van der Waals surface area (Å²) in [6.07, 6.45) is 5.80. The molecule has 0 amide bonds. The predicted octanol–water partition coefficient (Wildman–Crippen LogP) is 4.05. The molecule has 1 saturated carbocycles. The van der Waals surface area contributed by atoms with Crippen LogP contribution in [0.2, 0.25) is 5.02 Å². The van der Waals surface area contributed by atoms with Crippen LogP contribution in [0, 0.1) is 17.8 Å². The zero-order chi connectivity index (χ0) is 14.0. The van der Waals surface area contributed by atoms with E-state index in [1.165, 1.54) is 12.8 Å². The second-order valence-electron chi connectivity index (χ2n) is 6.06. The van der Waals surface area contributed by atoms with Crippen LogP contribution in [0.1, 0.15) is 58.3 Å². The molecule has 0 bridgehead atoms. The van der Waals surface area contributed by atoms with E-state index in [1.807, 2.05) is 11.6 Å². The lowest BCUT2D eigenvalue weighted by Gasteiger charge is -2.33. The lowest BCUT2D eigenvalue weighted by Crippen LogP contribution is -2.24. The van der Waals surface area contributed by atoms with E-state index in [9.17, 15) is 5.11 Å². The Kier molecular flexibility index (Phi) is 4.91. The minimum Gasteiger partial charge on any atom is -0.386 e. The maximum absolute atomic E-state index is 10.6. The van der Waals surface area contributed by atoms with E-state index in [0.717, 1.165) is 36.9 Å². The summed E-state index contributed by atoms with van der Waals surface area (Å²) < 4.78 is 1.82. The van der Waals surface area contributed by atoms with Gasteiger partial charge < -0.3 is 5.11 Å². The van der Waals surface area contributed by atoms with Gasteiger partial charge in [0.05, 0.1) is 23.0 Å². The predicted molar refractivity (Wildman–Crippen MR) is 78.2 cm³/mol. The minimum absolute atomic E-state index is 0.328. The van der Waals surface area contributed by atoms with E-state index in [1.54, 1.807) is 6.20 Å². The third-order valence-corrected chi connectivity index (χ3v) is 4.91. The fraction of sp³-hybridized carbons (Fsp3) is 0.800. The second kappa shape index (κ2) is 6.27. The first kappa shape index (κ1) is 14.9. The molecule has 19 heavy (non-hydrogen) atoms. The fourth-order valence-corrected chi connectivity index (χ4v) is 3.52. The van der Waals surface area contributed by atoms with Gasteiger partial charge in [-0.1, -0.05) is 25.4 Å². The Hall–Kier alpha value is -0.540. The van der Waals surface area contributed by atoms with Crippen molar-refractivity contribution >= 4 is 11.6 Å². The molecule has 0 aliphatic heterocycles. The molecule has 1 unspecified atom stereocenters. The standard InChI is InChI=1S/C15H25ClN2O/c1-4-18-14(13(16)9-17-18)15(19)12-7-5-11(6-8-12)10(2)3/h9-12,15,19H,4-8H2,1-3H3. The average molecular weight is 285 g/mol. The van der Waals surface area contributed by atoms with Crippen LogP contribution >= 0.6 is 11.6 Å². The van der Waals surface area contributed by atoms with Crippen molar-refractivity contribution in [2.24, 2.45) is 17.8 Å². The van der Waals surface area contributed by atoms with Gasteiger partial charge in [-0.3, -0.25) is 4.68 Å². The van der Waals surface area contributed by atoms with Crippen LogP contribution < -0.4 is 0 Å². The minimum atomic E-state index is -0.469. The van der Waals surface area contributed by atoms with Crippen LogP contribution in [-0.2, 0) is 6.54 Å². The Morgan fingerprint density at radius 3 is 2.42 bits per heavy atom. The summed E-state index contributed by atoms with van der Waals surface area (Å²) in [6.45, 7) is 7.37. The number of rotatable bonds is 4. The van der Waals surface area contributed by atoms with Crippen molar-refractivity contribution in [3.63, 3.8) is 0 Å². The highest BCUT2D eigenvalue weighted by molar-refractivity contribution is 6.31. The maximum atomic E-state index is 10.6. The molecule has 1 fully saturated rings. The van der Waals surface area contributed by atoms with Crippen LogP contribution in [0.15, 0.2) is 6.20 Å². The van der Waals surface area contributed by atoms with Crippen molar-refractivity contribution < 1.29 is 5.11 Å². The van der Waals surface area contributed by atoms with Gasteiger partial charge in [0, 0.05) is 6.54 Å². The van der Waals surface area contributed by atoms with Gasteiger partial charge in [0.1, 0.15) is 0 Å². The Balaban J connectivity index is 2.05. The zero-order valence-electron chi connectivity index (χ0n) is 12.1. The summed E-state index contributed by atoms with van der Waals surface area (Å²) >= 11 is 6.17. The number of hydrogen-bond acceptors (Lipinski definition) is 2. The van der Waals surface area contributed by atoms with Crippen molar-refractivity contribution in [1.29, 1.82) is 0 Å². The number of aromatic nitrogens is 2. The molecule has 1 aliphatic carbocycles. The smallest absolute Gasteiger partial charge is 0.0999 e. The summed E-state index contributed by atoms with van der Waals surface area (Å²) in [4.78, 5) is 0. The average Bonchev–Trinajstić information content (AvgIpc) is 2.79. The molecule has 0 saturated heterocycles. The Bertz CT molecular complexity index is 408. The Labute approximate surface area is 121 Å². The topological polar surface area (TPSA) is 38.0 Å². The van der Waals surface area contributed by atoms with Gasteiger partial charge in [-0.2, -0.15) is 5.10 Å². The van der Waals surface area contributed by atoms with Crippen molar-refractivity contribution in [2.75, 3.05) is 0 Å². The number of hydrogen-bond donors (Lipinski definition) is 1. The van der Waals surface area contributed by atoms with E-state index in [0.29, 0.717) is 10.9 Å². The molecule has 108 valence electrons. The second-order valence-corrected chi connectivity index (χ2v) is 6.46. The molecule has 1 aromatic rings. The molecule has 0 aromatic carbocycles. The first-order chi connectivity index (χ1) is 9.04. The highest BCUT2D eigenvalue weighted by Gasteiger charge is 2.31. The SMILES string of the molecule is CCn1ncc(Cl)c1C(O)C1CCC(C(C)C)CC1. The summed E-state index contributed by atoms with van der Waals surface area (Å²) in [5, 5.41) is 15.4. The van der Waals surface area contributed by atoms with Crippen molar-refractivity contribution in [1.82, 2.24) is 9.78 Å². The van der Waals surface area contributed by atoms with Gasteiger partial charge >= 0.3 is 0 Å². The number of aliphatic hydroxyl groups is 1. The molecule has 3 nitrogen and oxygen atoms in total. The fourth-order valence-electron chi connectivity index (χ4n) is 3.27. The monoisotopic (exact) mass is 284 g/mol. The highest BCUT2D eigenvalue weighted by Crippen LogP contribution is 2.40. The molecular formula is C15H25ClN2O. The van der Waals surface area contributed by atoms with E-state index in [-0.39, 0.29) is 0 Å². The molecule has 0 spiro atoms. The van der Waals surface area contributed by atoms with Crippen LogP contribution in [-0.4, -0.2) is 14.9 Å². The van der Waals surface area contributed by atoms with Crippen LogP contribution in [0.3, 0.4) is 0 Å². The van der Waals surface area contributed by atoms with Crippen LogP contribution in [0.5, 0.6) is 0 Å². The molecule has 1 aromatic heterocycles. The Morgan fingerprint density at radius 2 is 1.89 bits per heavy atom. The lowest BCUT2D eigenvalue weighted by atomic mass is 9.75. The van der Waals surface area contributed by atoms with Gasteiger partial charge in [-0.25, -0.2) is 0 Å². The summed E-state index contributed by atoms with van der Waals surface area (Å²) in [5.74, 6) is 1.90. The number of aryl methyl sites for hydroxylation is 1. The molecular weight excluding hydrogens is 260 g/mol. The van der Waals surface area contributed by atoms with Gasteiger partial charge in [0.15, 0.2) is 0 Å². The quantitative estimate of drug-likeness (QED) is 0.906. The van der Waals surface area contributed by atoms with E-state index in [2.05, 4.69) is 18.9 Å². The van der Waals surface area contributed by atoms with E-state index < -0.39 is 6.10 Å².